The summed E-state index contributed by atoms with van der Waals surface area (Å²) in [4.78, 5) is 16.5. The Labute approximate surface area is 257 Å². The fourth-order valence-electron chi connectivity index (χ4n) is 5.15. The quantitative estimate of drug-likeness (QED) is 0.137. The van der Waals surface area contributed by atoms with Crippen LogP contribution in [0.1, 0.15) is 53.0 Å². The normalized spacial score (nSPS) is 12.9. The highest BCUT2D eigenvalue weighted by atomic mass is 32.2. The zero-order chi connectivity index (χ0) is 31.0. The molecule has 1 saturated carbocycles. The van der Waals surface area contributed by atoms with Crippen LogP contribution >= 0.6 is 11.3 Å². The monoisotopic (exact) mass is 635 g/mol. The predicted octanol–water partition coefficient (Wildman–Crippen LogP) is 6.56. The Hall–Kier alpha value is -4.42. The second-order valence-electron chi connectivity index (χ2n) is 10.3. The number of thiol groups is 1. The molecule has 2 aromatic heterocycles. The molecule has 8 nitrogen and oxygen atoms in total. The van der Waals surface area contributed by atoms with Crippen molar-refractivity contribution in [1.29, 1.82) is 0 Å². The maximum atomic E-state index is 15.2. The first-order valence-electron chi connectivity index (χ1n) is 13.9. The Morgan fingerprint density at radius 1 is 1.05 bits per heavy atom. The van der Waals surface area contributed by atoms with E-state index >= 15 is 4.39 Å². The predicted molar refractivity (Wildman–Crippen MR) is 162 cm³/mol. The van der Waals surface area contributed by atoms with Crippen LogP contribution in [0.25, 0.3) is 27.5 Å². The molecule has 0 N–H and O–H groups in total. The summed E-state index contributed by atoms with van der Waals surface area (Å²) in [5, 5.41) is 7.04. The molecule has 44 heavy (non-hydrogen) atoms. The van der Waals surface area contributed by atoms with E-state index in [-0.39, 0.29) is 29.5 Å². The van der Waals surface area contributed by atoms with Gasteiger partial charge in [-0.3, -0.25) is 0 Å². The Balaban J connectivity index is 1.53. The van der Waals surface area contributed by atoms with Crippen LogP contribution < -0.4 is 4.74 Å². The van der Waals surface area contributed by atoms with Gasteiger partial charge in [0, 0.05) is 34.4 Å². The highest BCUT2D eigenvalue weighted by Gasteiger charge is 2.34. The third kappa shape index (κ3) is 5.87. The van der Waals surface area contributed by atoms with Gasteiger partial charge < -0.3 is 9.47 Å². The number of aromatic nitrogens is 3. The first-order chi connectivity index (χ1) is 21.3. The number of nitrogens with zero attached hydrogens (tertiary/aromatic N) is 3. The van der Waals surface area contributed by atoms with E-state index in [1.807, 2.05) is 0 Å². The molecule has 0 unspecified atom stereocenters. The number of halogens is 2. The number of hydrogen-bond acceptors (Lipinski definition) is 8. The Morgan fingerprint density at radius 2 is 1.86 bits per heavy atom. The van der Waals surface area contributed by atoms with Crippen molar-refractivity contribution in [2.24, 2.45) is 0 Å². The molecule has 1 fully saturated rings. The lowest BCUT2D eigenvalue weighted by atomic mass is 9.95. The molecule has 1 aliphatic carbocycles. The molecule has 0 spiro atoms. The van der Waals surface area contributed by atoms with Gasteiger partial charge in [-0.2, -0.15) is 5.10 Å². The average Bonchev–Trinajstić information content (AvgIpc) is 3.60. The highest BCUT2D eigenvalue weighted by molar-refractivity contribution is 7.72. The van der Waals surface area contributed by atoms with E-state index < -0.39 is 28.3 Å². The lowest BCUT2D eigenvalue weighted by Crippen LogP contribution is -2.07. The summed E-state index contributed by atoms with van der Waals surface area (Å²) in [6.45, 7) is 1.93. The number of carbonyl (C=O) groups is 1. The Kier molecular flexibility index (Phi) is 8.28. The van der Waals surface area contributed by atoms with Crippen molar-refractivity contribution in [2.45, 2.75) is 37.0 Å². The molecule has 5 aromatic rings. The summed E-state index contributed by atoms with van der Waals surface area (Å²) >= 11 is 1.24. The van der Waals surface area contributed by atoms with Gasteiger partial charge >= 0.3 is 5.97 Å². The van der Waals surface area contributed by atoms with Crippen LogP contribution in [0.15, 0.2) is 70.9 Å². The molecule has 0 atom stereocenters. The fraction of sp³-hybridized carbons (Fsp3) is 0.219. The molecular weight excluding hydrogens is 608 g/mol. The van der Waals surface area contributed by atoms with Crippen molar-refractivity contribution in [2.75, 3.05) is 13.7 Å². The van der Waals surface area contributed by atoms with Gasteiger partial charge in [-0.15, -0.1) is 11.3 Å². The molecule has 1 aliphatic rings. The van der Waals surface area contributed by atoms with Crippen molar-refractivity contribution in [3.8, 4) is 33.3 Å². The average molecular weight is 636 g/mol. The number of methoxy groups -OCH3 is 1. The third-order valence-corrected chi connectivity index (χ3v) is 8.93. The van der Waals surface area contributed by atoms with Crippen LogP contribution in [-0.4, -0.2) is 42.9 Å². The van der Waals surface area contributed by atoms with Crippen LogP contribution in [0.5, 0.6) is 5.75 Å². The molecule has 12 heteroatoms. The lowest BCUT2D eigenvalue weighted by molar-refractivity contribution is 0.0520. The van der Waals surface area contributed by atoms with E-state index in [1.54, 1.807) is 66.6 Å². The maximum absolute atomic E-state index is 15.2. The summed E-state index contributed by atoms with van der Waals surface area (Å²) in [6, 6.07) is 15.9. The summed E-state index contributed by atoms with van der Waals surface area (Å²) in [6.07, 6.45) is 2.03. The molecule has 226 valence electrons. The number of thiazole rings is 1. The molecule has 3 aromatic carbocycles. The largest absolute Gasteiger partial charge is 0.497 e. The lowest BCUT2D eigenvalue weighted by Gasteiger charge is -2.10. The third-order valence-electron chi connectivity index (χ3n) is 7.36. The zero-order valence-corrected chi connectivity index (χ0v) is 25.5. The number of ether oxygens (including phenoxy) is 2. The van der Waals surface area contributed by atoms with Gasteiger partial charge in [0.15, 0.2) is 16.4 Å². The molecular formula is C32H27F2N3O5S2. The summed E-state index contributed by atoms with van der Waals surface area (Å²) in [5.74, 6) is -1.07. The second kappa shape index (κ2) is 12.3. The smallest absolute Gasteiger partial charge is 0.357 e. The van der Waals surface area contributed by atoms with Gasteiger partial charge in [-0.25, -0.2) is 31.7 Å². The number of rotatable bonds is 10. The fourth-order valence-corrected chi connectivity index (χ4v) is 6.34. The van der Waals surface area contributed by atoms with E-state index in [1.165, 1.54) is 29.5 Å². The zero-order valence-electron chi connectivity index (χ0n) is 23.8. The van der Waals surface area contributed by atoms with Crippen LogP contribution in [0.4, 0.5) is 8.78 Å². The second-order valence-corrected chi connectivity index (χ2v) is 12.1. The standard InChI is InChI=1S/C32H27F2N3O5S2/c1-3-42-31(38)27-17-43-32(35-27)37-30(19-8-9-19)24(13-18-7-12-28(44(39)40)26(34)14-18)29(36-37)21-10-11-25(33)23(16-21)20-5-4-6-22(15-20)41-2/h4-7,10-12,14-17,19,44H,3,8-9,13H2,1-2H3. The minimum atomic E-state index is -3.08. The molecule has 0 radical (unpaired) electrons. The minimum absolute atomic E-state index is 0.139. The van der Waals surface area contributed by atoms with Crippen molar-refractivity contribution < 1.29 is 31.5 Å². The number of benzene rings is 3. The maximum Gasteiger partial charge on any atom is 0.357 e. The Bertz CT molecular complexity index is 1960. The number of esters is 1. The topological polar surface area (TPSA) is 100 Å². The van der Waals surface area contributed by atoms with Gasteiger partial charge in [0.25, 0.3) is 0 Å². The molecule has 0 saturated heterocycles. The number of hydrogen-bond donors (Lipinski definition) is 1. The SMILES string of the molecule is CCOC(=O)c1csc(-n2nc(-c3ccc(F)c(-c4cccc(OC)c4)c3)c(Cc3ccc([SH](=O)=O)c(F)c3)c2C2CC2)n1. The summed E-state index contributed by atoms with van der Waals surface area (Å²) in [5.41, 5.74) is 4.49. The molecule has 6 rings (SSSR count). The van der Waals surface area contributed by atoms with Crippen LogP contribution in [0.2, 0.25) is 0 Å². The van der Waals surface area contributed by atoms with E-state index in [4.69, 9.17) is 14.6 Å². The number of carbonyl (C=O) groups excluding carboxylic acids is 1. The first-order valence-corrected chi connectivity index (χ1v) is 15.9. The van der Waals surface area contributed by atoms with E-state index in [2.05, 4.69) is 4.98 Å². The van der Waals surface area contributed by atoms with Crippen LogP contribution in [-0.2, 0) is 21.9 Å². The van der Waals surface area contributed by atoms with Crippen molar-refractivity contribution >= 4 is 28.0 Å². The molecule has 2 heterocycles. The van der Waals surface area contributed by atoms with E-state index in [0.29, 0.717) is 38.8 Å². The molecule has 0 bridgehead atoms. The van der Waals surface area contributed by atoms with E-state index in [9.17, 15) is 17.6 Å². The molecule has 0 aliphatic heterocycles. The Morgan fingerprint density at radius 3 is 2.57 bits per heavy atom. The van der Waals surface area contributed by atoms with Gasteiger partial charge in [0.1, 0.15) is 17.4 Å². The van der Waals surface area contributed by atoms with E-state index in [0.717, 1.165) is 24.1 Å². The van der Waals surface area contributed by atoms with Crippen molar-refractivity contribution in [1.82, 2.24) is 14.8 Å². The van der Waals surface area contributed by atoms with Gasteiger partial charge in [-0.1, -0.05) is 18.2 Å². The summed E-state index contributed by atoms with van der Waals surface area (Å²) in [7, 11) is -1.54. The first kappa shape index (κ1) is 29.6. The van der Waals surface area contributed by atoms with Crippen LogP contribution in [0.3, 0.4) is 0 Å². The van der Waals surface area contributed by atoms with Gasteiger partial charge in [0.05, 0.1) is 30.0 Å². The minimum Gasteiger partial charge on any atom is -0.497 e. The highest BCUT2D eigenvalue weighted by Crippen LogP contribution is 2.46. The van der Waals surface area contributed by atoms with Crippen LogP contribution in [0, 0.1) is 11.6 Å². The van der Waals surface area contributed by atoms with Crippen molar-refractivity contribution in [3.63, 3.8) is 0 Å². The van der Waals surface area contributed by atoms with Gasteiger partial charge in [-0.05, 0) is 73.4 Å². The van der Waals surface area contributed by atoms with Crippen molar-refractivity contribution in [3.05, 3.63) is 100 Å². The summed E-state index contributed by atoms with van der Waals surface area (Å²) < 4.78 is 65.1. The van der Waals surface area contributed by atoms with Gasteiger partial charge in [0.2, 0.25) is 5.13 Å². The molecule has 0 amide bonds.